The number of nitrogens with zero attached hydrogens (tertiary/aromatic N) is 2. The number of anilines is 1. The number of carbonyl (C=O) groups excluding carboxylic acids is 1. The first kappa shape index (κ1) is 16.3. The highest BCUT2D eigenvalue weighted by atomic mass is 35.5. The molecule has 0 fully saturated rings. The smallest absolute Gasteiger partial charge is 0.243 e. The fourth-order valence-corrected chi connectivity index (χ4v) is 2.49. The third-order valence-electron chi connectivity index (χ3n) is 3.73. The van der Waals surface area contributed by atoms with Crippen LogP contribution >= 0.6 is 11.6 Å². The fourth-order valence-electron chi connectivity index (χ4n) is 2.44. The molecule has 2 aromatic heterocycles. The second-order valence-corrected chi connectivity index (χ2v) is 6.23. The van der Waals surface area contributed by atoms with E-state index in [4.69, 9.17) is 16.3 Å². The van der Waals surface area contributed by atoms with Gasteiger partial charge in [-0.1, -0.05) is 6.07 Å². The van der Waals surface area contributed by atoms with Gasteiger partial charge in [0.2, 0.25) is 5.91 Å². The lowest BCUT2D eigenvalue weighted by Gasteiger charge is -2.09. The van der Waals surface area contributed by atoms with Crippen molar-refractivity contribution in [2.24, 2.45) is 0 Å². The predicted molar refractivity (Wildman–Crippen MR) is 95.9 cm³/mol. The molecule has 0 saturated heterocycles. The minimum atomic E-state index is -0.635. The number of halogens is 1. The molecule has 0 unspecified atom stereocenters. The average molecular weight is 344 g/mol. The molecule has 0 aliphatic carbocycles. The molecule has 1 N–H and O–H groups in total. The molecule has 0 aliphatic heterocycles. The molecule has 0 spiro atoms. The van der Waals surface area contributed by atoms with Crippen LogP contribution in [0.1, 0.15) is 12.5 Å². The number of rotatable bonds is 4. The molecule has 0 radical (unpaired) electrons. The molecule has 124 valence electrons. The maximum Gasteiger partial charge on any atom is 0.243 e. The molecule has 0 saturated carbocycles. The van der Waals surface area contributed by atoms with Gasteiger partial charge in [0.15, 0.2) is 0 Å². The number of alkyl halides is 1. The summed E-state index contributed by atoms with van der Waals surface area (Å²) in [6.07, 6.45) is 1.93. The van der Waals surface area contributed by atoms with E-state index in [0.717, 1.165) is 22.5 Å². The van der Waals surface area contributed by atoms with Gasteiger partial charge < -0.3 is 10.1 Å². The number of aromatic nitrogens is 2. The Morgan fingerprint density at radius 2 is 1.96 bits per heavy atom. The summed E-state index contributed by atoms with van der Waals surface area (Å²) in [7, 11) is 1.62. The van der Waals surface area contributed by atoms with Gasteiger partial charge in [0, 0.05) is 11.8 Å². The van der Waals surface area contributed by atoms with Crippen molar-refractivity contribution in [3.63, 3.8) is 0 Å². The number of fused-ring (bicyclic) bond motifs is 1. The summed E-state index contributed by atoms with van der Waals surface area (Å²) in [6.45, 7) is 3.63. The first-order valence-corrected chi connectivity index (χ1v) is 8.01. The Kier molecular flexibility index (Phi) is 4.44. The Labute approximate surface area is 145 Å². The van der Waals surface area contributed by atoms with Gasteiger partial charge in [-0.25, -0.2) is 4.98 Å². The molecule has 6 heteroatoms. The van der Waals surface area contributed by atoms with Crippen LogP contribution < -0.4 is 10.1 Å². The average Bonchev–Trinajstić information content (AvgIpc) is 2.92. The van der Waals surface area contributed by atoms with E-state index in [1.807, 2.05) is 53.9 Å². The molecular formula is C18H18ClN3O2. The number of pyridine rings is 1. The van der Waals surface area contributed by atoms with Crippen molar-refractivity contribution >= 4 is 29.0 Å². The third-order valence-corrected chi connectivity index (χ3v) is 3.93. The van der Waals surface area contributed by atoms with Crippen molar-refractivity contribution in [1.29, 1.82) is 0 Å². The number of aryl methyl sites for hydroxylation is 1. The van der Waals surface area contributed by atoms with Crippen molar-refractivity contribution in [2.75, 3.05) is 12.4 Å². The summed E-state index contributed by atoms with van der Waals surface area (Å²) in [5.74, 6) is 1.10. The van der Waals surface area contributed by atoms with Crippen LogP contribution in [0, 0.1) is 6.92 Å². The Morgan fingerprint density at radius 3 is 2.58 bits per heavy atom. The van der Waals surface area contributed by atoms with Gasteiger partial charge in [-0.2, -0.15) is 0 Å². The molecule has 0 aliphatic rings. The second-order valence-electron chi connectivity index (χ2n) is 5.58. The summed E-state index contributed by atoms with van der Waals surface area (Å²) in [6, 6.07) is 11.4. The summed E-state index contributed by atoms with van der Waals surface area (Å²) in [5, 5.41) is 2.25. The van der Waals surface area contributed by atoms with Crippen molar-refractivity contribution in [3.8, 4) is 17.0 Å². The normalized spacial score (nSPS) is 12.2. The monoisotopic (exact) mass is 343 g/mol. The van der Waals surface area contributed by atoms with Gasteiger partial charge in [0.25, 0.3) is 0 Å². The molecule has 2 heterocycles. The zero-order valence-electron chi connectivity index (χ0n) is 13.7. The van der Waals surface area contributed by atoms with Crippen molar-refractivity contribution < 1.29 is 9.53 Å². The summed E-state index contributed by atoms with van der Waals surface area (Å²) >= 11 is 5.91. The minimum absolute atomic E-state index is 0.269. The molecule has 5 nitrogen and oxygen atoms in total. The number of carbonyl (C=O) groups is 1. The van der Waals surface area contributed by atoms with Crippen molar-refractivity contribution in [2.45, 2.75) is 19.2 Å². The molecule has 3 rings (SSSR count). The summed E-state index contributed by atoms with van der Waals surface area (Å²) in [5.41, 5.74) is 3.39. The van der Waals surface area contributed by atoms with Crippen LogP contribution in [0.15, 0.2) is 42.6 Å². The number of hydrogen-bond acceptors (Lipinski definition) is 3. The van der Waals surface area contributed by atoms with E-state index in [1.165, 1.54) is 0 Å². The Balaban J connectivity index is 2.16. The third kappa shape index (κ3) is 3.08. The van der Waals surface area contributed by atoms with Gasteiger partial charge in [0.1, 0.15) is 28.3 Å². The molecule has 1 atom stereocenters. The maximum absolute atomic E-state index is 12.1. The van der Waals surface area contributed by atoms with E-state index in [0.29, 0.717) is 11.5 Å². The van der Waals surface area contributed by atoms with Crippen LogP contribution in [0.2, 0.25) is 0 Å². The number of benzene rings is 1. The van der Waals surface area contributed by atoms with Crippen LogP contribution in [0.3, 0.4) is 0 Å². The highest BCUT2D eigenvalue weighted by Crippen LogP contribution is 2.30. The van der Waals surface area contributed by atoms with Gasteiger partial charge >= 0.3 is 0 Å². The quantitative estimate of drug-likeness (QED) is 0.731. The van der Waals surface area contributed by atoms with Gasteiger partial charge in [-0.15, -0.1) is 11.6 Å². The van der Waals surface area contributed by atoms with Crippen LogP contribution in [0.25, 0.3) is 16.9 Å². The van der Waals surface area contributed by atoms with E-state index in [9.17, 15) is 4.79 Å². The first-order valence-electron chi connectivity index (χ1n) is 7.57. The standard InChI is InChI=1S/C18H18ClN3O2/c1-11-4-9-15-20-16(13-5-7-14(24-3)8-6-13)17(22(15)10-11)21-18(23)12(2)19/h4-10,12H,1-3H3,(H,21,23)/t12-/m0/s1. The number of imidazole rings is 1. The summed E-state index contributed by atoms with van der Waals surface area (Å²) < 4.78 is 7.06. The number of methoxy groups -OCH3 is 1. The highest BCUT2D eigenvalue weighted by molar-refractivity contribution is 6.32. The van der Waals surface area contributed by atoms with Crippen molar-refractivity contribution in [3.05, 3.63) is 48.2 Å². The molecule has 3 aromatic rings. The first-order chi connectivity index (χ1) is 11.5. The number of amides is 1. The van der Waals surface area contributed by atoms with Crippen LogP contribution in [-0.4, -0.2) is 27.8 Å². The van der Waals surface area contributed by atoms with E-state index in [-0.39, 0.29) is 5.91 Å². The Hall–Kier alpha value is -2.53. The number of nitrogens with one attached hydrogen (secondary N) is 1. The lowest BCUT2D eigenvalue weighted by molar-refractivity contribution is -0.115. The Bertz CT molecular complexity index is 885. The van der Waals surface area contributed by atoms with Crippen molar-refractivity contribution in [1.82, 2.24) is 9.38 Å². The summed E-state index contributed by atoms with van der Waals surface area (Å²) in [4.78, 5) is 16.8. The highest BCUT2D eigenvalue weighted by Gasteiger charge is 2.18. The molecule has 1 amide bonds. The van der Waals surface area contributed by atoms with Gasteiger partial charge in [-0.05, 0) is 49.7 Å². The lowest BCUT2D eigenvalue weighted by Crippen LogP contribution is -2.21. The van der Waals surface area contributed by atoms with E-state index < -0.39 is 5.38 Å². The largest absolute Gasteiger partial charge is 0.497 e. The number of hydrogen-bond donors (Lipinski definition) is 1. The number of ether oxygens (including phenoxy) is 1. The van der Waals surface area contributed by atoms with Gasteiger partial charge in [0.05, 0.1) is 7.11 Å². The minimum Gasteiger partial charge on any atom is -0.497 e. The topological polar surface area (TPSA) is 55.6 Å². The SMILES string of the molecule is COc1ccc(-c2nc3ccc(C)cn3c2NC(=O)[C@H](C)Cl)cc1. The lowest BCUT2D eigenvalue weighted by atomic mass is 10.1. The van der Waals surface area contributed by atoms with Gasteiger partial charge in [-0.3, -0.25) is 9.20 Å². The zero-order valence-corrected chi connectivity index (χ0v) is 14.5. The molecule has 0 bridgehead atoms. The Morgan fingerprint density at radius 1 is 1.25 bits per heavy atom. The van der Waals surface area contributed by atoms with E-state index >= 15 is 0 Å². The van der Waals surface area contributed by atoms with Crippen LogP contribution in [0.4, 0.5) is 5.82 Å². The second kappa shape index (κ2) is 6.53. The zero-order chi connectivity index (χ0) is 17.3. The van der Waals surface area contributed by atoms with E-state index in [1.54, 1.807) is 14.0 Å². The molecule has 24 heavy (non-hydrogen) atoms. The fraction of sp³-hybridized carbons (Fsp3) is 0.222. The molecule has 1 aromatic carbocycles. The predicted octanol–water partition coefficient (Wildman–Crippen LogP) is 3.88. The van der Waals surface area contributed by atoms with Crippen LogP contribution in [0.5, 0.6) is 5.75 Å². The van der Waals surface area contributed by atoms with E-state index in [2.05, 4.69) is 10.3 Å². The maximum atomic E-state index is 12.1. The van der Waals surface area contributed by atoms with Crippen LogP contribution in [-0.2, 0) is 4.79 Å². The molecular weight excluding hydrogens is 326 g/mol.